The molecule has 1 aliphatic heterocycles. The molecular formula is C30H36Cl2FN5O3. The number of halogens is 3. The number of hydrogen-bond acceptors (Lipinski definition) is 6. The Morgan fingerprint density at radius 3 is 2.51 bits per heavy atom. The first kappa shape index (κ1) is 33.7. The number of hydrogen-bond donors (Lipinski definition) is 4. The van der Waals surface area contributed by atoms with E-state index in [2.05, 4.69) is 21.7 Å². The molecule has 1 aromatic heterocycles. The van der Waals surface area contributed by atoms with Crippen molar-refractivity contribution in [3.8, 4) is 0 Å². The number of aryl methyl sites for hydroxylation is 1. The largest absolute Gasteiger partial charge is 0.478 e. The van der Waals surface area contributed by atoms with Gasteiger partial charge in [-0.15, -0.1) is 0 Å². The Kier molecular flexibility index (Phi) is 13.7. The third kappa shape index (κ3) is 11.1. The van der Waals surface area contributed by atoms with E-state index in [1.165, 1.54) is 18.9 Å². The van der Waals surface area contributed by atoms with Gasteiger partial charge < -0.3 is 21.4 Å². The molecule has 3 aromatic rings. The van der Waals surface area contributed by atoms with Crippen LogP contribution in [0.15, 0.2) is 78.1 Å². The molecule has 0 bridgehead atoms. The van der Waals surface area contributed by atoms with Crippen LogP contribution in [0, 0.1) is 18.8 Å². The fourth-order valence-corrected chi connectivity index (χ4v) is 4.45. The van der Waals surface area contributed by atoms with Crippen LogP contribution in [0.25, 0.3) is 10.9 Å². The quantitative estimate of drug-likeness (QED) is 0.187. The molecule has 1 saturated carbocycles. The molecule has 220 valence electrons. The summed E-state index contributed by atoms with van der Waals surface area (Å²) in [7, 11) is 0. The van der Waals surface area contributed by atoms with Crippen molar-refractivity contribution >= 4 is 52.6 Å². The first-order chi connectivity index (χ1) is 19.5. The lowest BCUT2D eigenvalue weighted by molar-refractivity contribution is -0.0980. The third-order valence-electron chi connectivity index (χ3n) is 6.48. The molecule has 5 rings (SSSR count). The summed E-state index contributed by atoms with van der Waals surface area (Å²) in [5.41, 5.74) is 14.1. The van der Waals surface area contributed by atoms with Crippen molar-refractivity contribution in [2.45, 2.75) is 32.4 Å². The minimum Gasteiger partial charge on any atom is -0.478 e. The lowest BCUT2D eigenvalue weighted by atomic mass is 10.0. The van der Waals surface area contributed by atoms with Gasteiger partial charge in [-0.2, -0.15) is 5.10 Å². The fourth-order valence-electron chi connectivity index (χ4n) is 4.18. The molecule has 2 aromatic carbocycles. The van der Waals surface area contributed by atoms with Crippen molar-refractivity contribution in [2.75, 3.05) is 18.8 Å². The average molecular weight is 605 g/mol. The predicted octanol–water partition coefficient (Wildman–Crippen LogP) is 6.47. The van der Waals surface area contributed by atoms with Gasteiger partial charge in [-0.1, -0.05) is 48.0 Å². The maximum Gasteiger partial charge on any atom is 0.335 e. The molecule has 6 N–H and O–H groups in total. The maximum atomic E-state index is 14.0. The summed E-state index contributed by atoms with van der Waals surface area (Å²) in [6, 6.07) is 12.0. The molecule has 2 atom stereocenters. The highest BCUT2D eigenvalue weighted by Gasteiger charge is 2.36. The van der Waals surface area contributed by atoms with E-state index in [4.69, 9.17) is 44.6 Å². The minimum atomic E-state index is -0.928. The van der Waals surface area contributed by atoms with Gasteiger partial charge in [0.15, 0.2) is 0 Å². The second kappa shape index (κ2) is 16.7. The normalized spacial score (nSPS) is 18.5. The number of rotatable bonds is 6. The van der Waals surface area contributed by atoms with E-state index in [-0.39, 0.29) is 23.5 Å². The SMILES string of the molecule is C=C(Cl)/C=C\C=C(/F)C1CCN(CC2CC2)C1N.C=O.Cc1[nH]nc2cc(C(=O)O)ccc12.Nc1cccc(Cl)c1. The van der Waals surface area contributed by atoms with Crippen LogP contribution < -0.4 is 11.5 Å². The number of benzene rings is 2. The van der Waals surface area contributed by atoms with E-state index in [0.29, 0.717) is 21.3 Å². The Bertz CT molecular complexity index is 1360. The number of carbonyl (C=O) groups excluding carboxylic acids is 1. The number of H-pyrrole nitrogens is 1. The highest BCUT2D eigenvalue weighted by Crippen LogP contribution is 2.35. The van der Waals surface area contributed by atoms with Gasteiger partial charge in [-0.05, 0) is 74.6 Å². The van der Waals surface area contributed by atoms with Crippen molar-refractivity contribution in [3.05, 3.63) is 94.4 Å². The zero-order chi connectivity index (χ0) is 30.5. The predicted molar refractivity (Wildman–Crippen MR) is 164 cm³/mol. The molecule has 0 radical (unpaired) electrons. The van der Waals surface area contributed by atoms with Crippen LogP contribution in [-0.4, -0.2) is 52.2 Å². The maximum absolute atomic E-state index is 14.0. The number of aromatic amines is 1. The van der Waals surface area contributed by atoms with Crippen LogP contribution in [0.1, 0.15) is 35.3 Å². The van der Waals surface area contributed by atoms with Gasteiger partial charge in [-0.3, -0.25) is 10.00 Å². The molecule has 2 aliphatic rings. The lowest BCUT2D eigenvalue weighted by Gasteiger charge is -2.23. The van der Waals surface area contributed by atoms with Gasteiger partial charge in [0.1, 0.15) is 12.6 Å². The second-order valence-electron chi connectivity index (χ2n) is 9.62. The highest BCUT2D eigenvalue weighted by atomic mass is 35.5. The van der Waals surface area contributed by atoms with E-state index >= 15 is 0 Å². The number of carbonyl (C=O) groups is 2. The average Bonchev–Trinajstić information content (AvgIpc) is 3.58. The second-order valence-corrected chi connectivity index (χ2v) is 10.5. The van der Waals surface area contributed by atoms with Crippen molar-refractivity contribution in [2.24, 2.45) is 17.6 Å². The summed E-state index contributed by atoms with van der Waals surface area (Å²) in [6.45, 7) is 9.33. The van der Waals surface area contributed by atoms with Crippen molar-refractivity contribution in [3.63, 3.8) is 0 Å². The fraction of sp³-hybridized carbons (Fsp3) is 0.300. The Morgan fingerprint density at radius 2 is 1.95 bits per heavy atom. The molecule has 2 fully saturated rings. The van der Waals surface area contributed by atoms with Crippen LogP contribution in [-0.2, 0) is 4.79 Å². The molecule has 2 unspecified atom stereocenters. The number of allylic oxidation sites excluding steroid dienone is 4. The minimum absolute atomic E-state index is 0.157. The number of nitrogens with one attached hydrogen (secondary N) is 1. The van der Waals surface area contributed by atoms with E-state index in [1.807, 2.05) is 19.8 Å². The Labute approximate surface area is 249 Å². The molecule has 2 heterocycles. The molecule has 0 amide bonds. The van der Waals surface area contributed by atoms with Gasteiger partial charge in [0.2, 0.25) is 0 Å². The van der Waals surface area contributed by atoms with Crippen LogP contribution in [0.2, 0.25) is 5.02 Å². The summed E-state index contributed by atoms with van der Waals surface area (Å²) in [6.07, 6.45) is 7.81. The van der Waals surface area contributed by atoms with Crippen LogP contribution >= 0.6 is 23.2 Å². The van der Waals surface area contributed by atoms with E-state index in [1.54, 1.807) is 48.6 Å². The Hall–Kier alpha value is -3.50. The first-order valence-electron chi connectivity index (χ1n) is 12.9. The van der Waals surface area contributed by atoms with Crippen LogP contribution in [0.5, 0.6) is 0 Å². The number of nitrogens with zero attached hydrogens (tertiary/aromatic N) is 2. The zero-order valence-corrected chi connectivity index (χ0v) is 24.4. The van der Waals surface area contributed by atoms with Gasteiger partial charge in [0.05, 0.1) is 17.2 Å². The Balaban J connectivity index is 0.000000223. The van der Waals surface area contributed by atoms with Gasteiger partial charge >= 0.3 is 5.97 Å². The topological polar surface area (TPSA) is 138 Å². The number of aromatic carboxylic acids is 1. The molecule has 1 aliphatic carbocycles. The molecule has 0 spiro atoms. The lowest BCUT2D eigenvalue weighted by Crippen LogP contribution is -2.41. The number of anilines is 1. The third-order valence-corrected chi connectivity index (χ3v) is 6.84. The molecular weight excluding hydrogens is 568 g/mol. The van der Waals surface area contributed by atoms with Gasteiger partial charge in [0, 0.05) is 45.8 Å². The number of fused-ring (bicyclic) bond motifs is 1. The van der Waals surface area contributed by atoms with E-state index < -0.39 is 5.97 Å². The number of nitrogen functional groups attached to an aromatic ring is 1. The monoisotopic (exact) mass is 603 g/mol. The van der Waals surface area contributed by atoms with E-state index in [0.717, 1.165) is 36.5 Å². The molecule has 41 heavy (non-hydrogen) atoms. The summed E-state index contributed by atoms with van der Waals surface area (Å²) < 4.78 is 14.0. The number of aromatic nitrogens is 2. The highest BCUT2D eigenvalue weighted by molar-refractivity contribution is 6.31. The van der Waals surface area contributed by atoms with Crippen LogP contribution in [0.4, 0.5) is 10.1 Å². The smallest absolute Gasteiger partial charge is 0.335 e. The summed E-state index contributed by atoms with van der Waals surface area (Å²) >= 11 is 11.1. The van der Waals surface area contributed by atoms with Crippen molar-refractivity contribution in [1.29, 1.82) is 0 Å². The number of likely N-dealkylation sites (tertiary alicyclic amines) is 1. The first-order valence-corrected chi connectivity index (χ1v) is 13.7. The van der Waals surface area contributed by atoms with Crippen molar-refractivity contribution in [1.82, 2.24) is 15.1 Å². The van der Waals surface area contributed by atoms with E-state index in [9.17, 15) is 9.18 Å². The molecule has 1 saturated heterocycles. The van der Waals surface area contributed by atoms with Gasteiger partial charge in [-0.25, -0.2) is 9.18 Å². The summed E-state index contributed by atoms with van der Waals surface area (Å²) in [5.74, 6) is -0.476. The number of nitrogens with two attached hydrogens (primary N) is 2. The molecule has 11 heteroatoms. The van der Waals surface area contributed by atoms with Crippen molar-refractivity contribution < 1.29 is 19.1 Å². The zero-order valence-electron chi connectivity index (χ0n) is 22.9. The summed E-state index contributed by atoms with van der Waals surface area (Å²) in [4.78, 5) is 20.8. The molecule has 8 nitrogen and oxygen atoms in total. The Morgan fingerprint density at radius 1 is 1.24 bits per heavy atom. The summed E-state index contributed by atoms with van der Waals surface area (Å²) in [5, 5.41) is 17.5. The van der Waals surface area contributed by atoms with Crippen LogP contribution in [0.3, 0.4) is 0 Å². The number of carboxylic acid groups (broad SMARTS) is 1. The van der Waals surface area contributed by atoms with Gasteiger partial charge in [0.25, 0.3) is 0 Å². The number of carboxylic acids is 1. The standard InChI is InChI=1S/C14H20ClFN2.C9H8N2O2.C6H6ClN.CH2O/c1-10(15)3-2-4-13(16)12-7-8-18(14(12)17)9-11-5-6-11;1-5-7-3-2-6(9(12)13)4-8(7)11-10-5;7-5-2-1-3-6(8)4-5;1-2/h2-4,11-12,14H,1,5-9,17H2;2-4H,1H3,(H,10,11)(H,12,13);1-4H,8H2;1H2/b3-2-,13-4-;;;.